The van der Waals surface area contributed by atoms with Gasteiger partial charge in [-0.15, -0.1) is 0 Å². The minimum Gasteiger partial charge on any atom is -0.374 e. The van der Waals surface area contributed by atoms with Crippen LogP contribution in [0, 0.1) is 6.92 Å². The number of pyridine rings is 1. The van der Waals surface area contributed by atoms with Gasteiger partial charge in [-0.1, -0.05) is 17.7 Å². The first kappa shape index (κ1) is 16.0. The van der Waals surface area contributed by atoms with Gasteiger partial charge in [0, 0.05) is 16.4 Å². The second-order valence-corrected chi connectivity index (χ2v) is 5.25. The Hall–Kier alpha value is -2.40. The van der Waals surface area contributed by atoms with Gasteiger partial charge >= 0.3 is 0 Å². The first-order valence-electron chi connectivity index (χ1n) is 6.83. The molecule has 0 radical (unpaired) electrons. The molecule has 0 unspecified atom stereocenters. The Kier molecular flexibility index (Phi) is 5.49. The zero-order valence-electron chi connectivity index (χ0n) is 12.4. The van der Waals surface area contributed by atoms with E-state index >= 15 is 0 Å². The van der Waals surface area contributed by atoms with Crippen LogP contribution < -0.4 is 10.7 Å². The maximum atomic E-state index is 11.9. The lowest BCUT2D eigenvalue weighted by atomic mass is 10.2. The van der Waals surface area contributed by atoms with Gasteiger partial charge in [-0.2, -0.15) is 5.10 Å². The summed E-state index contributed by atoms with van der Waals surface area (Å²) in [7, 11) is 0. The number of nitrogens with one attached hydrogen (secondary N) is 2. The van der Waals surface area contributed by atoms with Crippen LogP contribution in [0.3, 0.4) is 0 Å². The molecule has 5 nitrogen and oxygen atoms in total. The Bertz CT molecular complexity index is 670. The summed E-state index contributed by atoms with van der Waals surface area (Å²) in [5.41, 5.74) is 4.89. The van der Waals surface area contributed by atoms with E-state index in [1.165, 1.54) is 6.21 Å². The van der Waals surface area contributed by atoms with Crippen molar-refractivity contribution in [2.75, 3.05) is 5.32 Å². The number of halogens is 1. The van der Waals surface area contributed by atoms with Gasteiger partial charge in [0.25, 0.3) is 5.91 Å². The molecule has 1 heterocycles. The number of hydrazone groups is 1. The van der Waals surface area contributed by atoms with Crippen LogP contribution >= 0.6 is 11.6 Å². The number of rotatable bonds is 5. The SMILES string of the molecule is Cc1cccc(/C=N\NC(=O)[C@@H](C)Nc2ccc(Cl)cc2)n1. The Labute approximate surface area is 134 Å². The molecule has 0 fully saturated rings. The molecule has 0 aliphatic rings. The van der Waals surface area contributed by atoms with Gasteiger partial charge in [0.15, 0.2) is 0 Å². The van der Waals surface area contributed by atoms with Gasteiger partial charge in [0.2, 0.25) is 0 Å². The van der Waals surface area contributed by atoms with Crippen LogP contribution in [0.5, 0.6) is 0 Å². The van der Waals surface area contributed by atoms with Crippen LogP contribution in [0.25, 0.3) is 0 Å². The lowest BCUT2D eigenvalue weighted by Gasteiger charge is -2.13. The molecule has 0 spiro atoms. The van der Waals surface area contributed by atoms with Crippen molar-refractivity contribution in [3.8, 4) is 0 Å². The summed E-state index contributed by atoms with van der Waals surface area (Å²) in [5, 5.41) is 7.63. The molecular formula is C16H17ClN4O. The third-order valence-electron chi connectivity index (χ3n) is 2.90. The highest BCUT2D eigenvalue weighted by Gasteiger charge is 2.11. The summed E-state index contributed by atoms with van der Waals surface area (Å²) < 4.78 is 0. The van der Waals surface area contributed by atoms with Gasteiger partial charge in [-0.25, -0.2) is 5.43 Å². The number of hydrogen-bond donors (Lipinski definition) is 2. The summed E-state index contributed by atoms with van der Waals surface area (Å²) in [6.45, 7) is 3.65. The third kappa shape index (κ3) is 4.86. The Balaban J connectivity index is 1.87. The van der Waals surface area contributed by atoms with E-state index < -0.39 is 6.04 Å². The van der Waals surface area contributed by atoms with Gasteiger partial charge in [0.05, 0.1) is 11.9 Å². The summed E-state index contributed by atoms with van der Waals surface area (Å²) in [5.74, 6) is -0.237. The molecule has 0 bridgehead atoms. The quantitative estimate of drug-likeness (QED) is 0.658. The molecule has 0 aliphatic heterocycles. The Morgan fingerprint density at radius 1 is 1.27 bits per heavy atom. The Morgan fingerprint density at radius 2 is 2.00 bits per heavy atom. The molecular weight excluding hydrogens is 300 g/mol. The van der Waals surface area contributed by atoms with Crippen LogP contribution in [0.4, 0.5) is 5.69 Å². The van der Waals surface area contributed by atoms with Crippen molar-refractivity contribution in [3.05, 3.63) is 58.9 Å². The van der Waals surface area contributed by atoms with E-state index in [0.717, 1.165) is 11.4 Å². The second-order valence-electron chi connectivity index (χ2n) is 4.81. The highest BCUT2D eigenvalue weighted by Crippen LogP contribution is 2.14. The van der Waals surface area contributed by atoms with E-state index in [9.17, 15) is 4.79 Å². The molecule has 1 atom stereocenters. The topological polar surface area (TPSA) is 66.4 Å². The number of hydrogen-bond acceptors (Lipinski definition) is 4. The van der Waals surface area contributed by atoms with Crippen LogP contribution in [0.15, 0.2) is 47.6 Å². The zero-order chi connectivity index (χ0) is 15.9. The molecule has 1 aromatic heterocycles. The van der Waals surface area contributed by atoms with Gasteiger partial charge in [-0.05, 0) is 50.2 Å². The van der Waals surface area contributed by atoms with Crippen molar-refractivity contribution in [1.82, 2.24) is 10.4 Å². The van der Waals surface area contributed by atoms with E-state index in [4.69, 9.17) is 11.6 Å². The van der Waals surface area contributed by atoms with E-state index in [1.54, 1.807) is 19.1 Å². The third-order valence-corrected chi connectivity index (χ3v) is 3.15. The lowest BCUT2D eigenvalue weighted by molar-refractivity contribution is -0.121. The fourth-order valence-corrected chi connectivity index (χ4v) is 1.88. The van der Waals surface area contributed by atoms with Gasteiger partial charge < -0.3 is 5.32 Å². The molecule has 2 rings (SSSR count). The molecule has 22 heavy (non-hydrogen) atoms. The predicted molar refractivity (Wildman–Crippen MR) is 89.2 cm³/mol. The summed E-state index contributed by atoms with van der Waals surface area (Å²) >= 11 is 5.82. The zero-order valence-corrected chi connectivity index (χ0v) is 13.1. The van der Waals surface area contributed by atoms with Gasteiger partial charge in [-0.3, -0.25) is 9.78 Å². The average molecular weight is 317 g/mol. The lowest BCUT2D eigenvalue weighted by Crippen LogP contribution is -2.34. The number of carbonyl (C=O) groups excluding carboxylic acids is 1. The smallest absolute Gasteiger partial charge is 0.262 e. The van der Waals surface area contributed by atoms with Crippen LogP contribution in [0.2, 0.25) is 5.02 Å². The predicted octanol–water partition coefficient (Wildman–Crippen LogP) is 2.99. The van der Waals surface area contributed by atoms with E-state index in [0.29, 0.717) is 10.7 Å². The van der Waals surface area contributed by atoms with Crippen LogP contribution in [-0.2, 0) is 4.79 Å². The number of aromatic nitrogens is 1. The van der Waals surface area contributed by atoms with Crippen molar-refractivity contribution in [3.63, 3.8) is 0 Å². The van der Waals surface area contributed by atoms with Gasteiger partial charge in [0.1, 0.15) is 6.04 Å². The molecule has 0 saturated heterocycles. The van der Waals surface area contributed by atoms with Crippen molar-refractivity contribution in [2.45, 2.75) is 19.9 Å². The number of aryl methyl sites for hydroxylation is 1. The summed E-state index contributed by atoms with van der Waals surface area (Å²) in [6.07, 6.45) is 1.51. The molecule has 0 aliphatic carbocycles. The van der Waals surface area contributed by atoms with Crippen molar-refractivity contribution < 1.29 is 4.79 Å². The number of carbonyl (C=O) groups is 1. The monoisotopic (exact) mass is 316 g/mol. The molecule has 0 saturated carbocycles. The second kappa shape index (κ2) is 7.56. The molecule has 1 aromatic carbocycles. The number of amides is 1. The first-order chi connectivity index (χ1) is 10.5. The van der Waals surface area contributed by atoms with Crippen molar-refractivity contribution in [1.29, 1.82) is 0 Å². The molecule has 2 aromatic rings. The highest BCUT2D eigenvalue weighted by atomic mass is 35.5. The molecule has 1 amide bonds. The average Bonchev–Trinajstić information content (AvgIpc) is 2.49. The maximum absolute atomic E-state index is 11.9. The van der Waals surface area contributed by atoms with E-state index in [1.807, 2.05) is 37.3 Å². The first-order valence-corrected chi connectivity index (χ1v) is 7.21. The minimum atomic E-state index is -0.427. The van der Waals surface area contributed by atoms with Crippen molar-refractivity contribution >= 4 is 29.4 Å². The normalized spacial score (nSPS) is 12.1. The van der Waals surface area contributed by atoms with Crippen LogP contribution in [-0.4, -0.2) is 23.1 Å². The molecule has 2 N–H and O–H groups in total. The molecule has 6 heteroatoms. The van der Waals surface area contributed by atoms with Crippen LogP contribution in [0.1, 0.15) is 18.3 Å². The number of anilines is 1. The van der Waals surface area contributed by atoms with E-state index in [-0.39, 0.29) is 5.91 Å². The summed E-state index contributed by atoms with van der Waals surface area (Å²) in [4.78, 5) is 16.2. The number of benzene rings is 1. The highest BCUT2D eigenvalue weighted by molar-refractivity contribution is 6.30. The standard InChI is InChI=1S/C16H17ClN4O/c1-11-4-3-5-15(19-11)10-18-21-16(22)12(2)20-14-8-6-13(17)7-9-14/h3-10,12,20H,1-2H3,(H,21,22)/b18-10-/t12-/m1/s1. The fraction of sp³-hybridized carbons (Fsp3) is 0.188. The number of nitrogens with zero attached hydrogens (tertiary/aromatic N) is 2. The fourth-order valence-electron chi connectivity index (χ4n) is 1.76. The minimum absolute atomic E-state index is 0.237. The molecule has 114 valence electrons. The largest absolute Gasteiger partial charge is 0.374 e. The summed E-state index contributed by atoms with van der Waals surface area (Å²) in [6, 6.07) is 12.3. The Morgan fingerprint density at radius 3 is 2.68 bits per heavy atom. The van der Waals surface area contributed by atoms with E-state index in [2.05, 4.69) is 20.8 Å². The maximum Gasteiger partial charge on any atom is 0.262 e. The van der Waals surface area contributed by atoms with Crippen molar-refractivity contribution in [2.24, 2.45) is 5.10 Å².